The summed E-state index contributed by atoms with van der Waals surface area (Å²) in [5, 5.41) is 29.6. The molecule has 0 aliphatic rings. The molecular weight excluding hydrogens is 284 g/mol. The molecule has 0 fully saturated rings. The SMILES string of the molecule is C/C=C(\C)[C@@H](O)[C@@H](C)/C=C/C(O)C(C)c1cc(O)cc(=O)o1. The van der Waals surface area contributed by atoms with E-state index < -0.39 is 23.8 Å². The van der Waals surface area contributed by atoms with Crippen molar-refractivity contribution < 1.29 is 19.7 Å². The van der Waals surface area contributed by atoms with E-state index in [1.807, 2.05) is 26.8 Å². The number of allylic oxidation sites excluding steroid dienone is 1. The fourth-order valence-corrected chi connectivity index (χ4v) is 2.02. The molecule has 0 saturated heterocycles. The van der Waals surface area contributed by atoms with Gasteiger partial charge in [0.2, 0.25) is 0 Å². The van der Waals surface area contributed by atoms with Crippen molar-refractivity contribution in [1.29, 1.82) is 0 Å². The van der Waals surface area contributed by atoms with E-state index in [-0.39, 0.29) is 17.4 Å². The molecule has 0 radical (unpaired) electrons. The molecule has 1 rings (SSSR count). The lowest BCUT2D eigenvalue weighted by molar-refractivity contribution is 0.166. The Kier molecular flexibility index (Phi) is 6.59. The van der Waals surface area contributed by atoms with Crippen LogP contribution in [0.2, 0.25) is 0 Å². The summed E-state index contributed by atoms with van der Waals surface area (Å²) in [6, 6.07) is 2.28. The van der Waals surface area contributed by atoms with E-state index >= 15 is 0 Å². The fraction of sp³-hybridized carbons (Fsp3) is 0.471. The Morgan fingerprint density at radius 2 is 1.86 bits per heavy atom. The minimum absolute atomic E-state index is 0.158. The van der Waals surface area contributed by atoms with Gasteiger partial charge in [-0.15, -0.1) is 0 Å². The summed E-state index contributed by atoms with van der Waals surface area (Å²) in [5.74, 6) is -0.640. The molecule has 22 heavy (non-hydrogen) atoms. The van der Waals surface area contributed by atoms with Crippen LogP contribution in [0.1, 0.15) is 39.4 Å². The lowest BCUT2D eigenvalue weighted by Crippen LogP contribution is -2.19. The molecule has 4 atom stereocenters. The second-order valence-electron chi connectivity index (χ2n) is 5.54. The predicted molar refractivity (Wildman–Crippen MR) is 84.8 cm³/mol. The summed E-state index contributed by atoms with van der Waals surface area (Å²) in [5.41, 5.74) is 0.198. The topological polar surface area (TPSA) is 90.9 Å². The maximum Gasteiger partial charge on any atom is 0.339 e. The van der Waals surface area contributed by atoms with Crippen molar-refractivity contribution in [3.05, 3.63) is 52.1 Å². The maximum absolute atomic E-state index is 11.2. The minimum atomic E-state index is -0.898. The van der Waals surface area contributed by atoms with Gasteiger partial charge in [-0.1, -0.05) is 32.1 Å². The largest absolute Gasteiger partial charge is 0.508 e. The monoisotopic (exact) mass is 308 g/mol. The molecule has 5 nitrogen and oxygen atoms in total. The van der Waals surface area contributed by atoms with E-state index in [4.69, 9.17) is 4.42 Å². The molecule has 5 heteroatoms. The van der Waals surface area contributed by atoms with Crippen LogP contribution in [-0.2, 0) is 0 Å². The average Bonchev–Trinajstić information content (AvgIpc) is 2.48. The van der Waals surface area contributed by atoms with Crippen molar-refractivity contribution in [3.63, 3.8) is 0 Å². The van der Waals surface area contributed by atoms with Crippen molar-refractivity contribution in [2.45, 2.75) is 45.8 Å². The number of rotatable bonds is 6. The van der Waals surface area contributed by atoms with Gasteiger partial charge in [-0.05, 0) is 19.4 Å². The van der Waals surface area contributed by atoms with Crippen LogP contribution in [0.5, 0.6) is 5.75 Å². The molecule has 0 aromatic carbocycles. The fourth-order valence-electron chi connectivity index (χ4n) is 2.02. The highest BCUT2D eigenvalue weighted by Crippen LogP contribution is 2.23. The number of hydrogen-bond donors (Lipinski definition) is 3. The molecular formula is C17H24O5. The Morgan fingerprint density at radius 1 is 1.23 bits per heavy atom. The molecule has 2 unspecified atom stereocenters. The smallest absolute Gasteiger partial charge is 0.339 e. The number of aliphatic hydroxyl groups is 2. The first kappa shape index (κ1) is 18.2. The summed E-state index contributed by atoms with van der Waals surface area (Å²) >= 11 is 0. The Bertz CT molecular complexity index is 599. The molecule has 0 spiro atoms. The summed E-state index contributed by atoms with van der Waals surface area (Å²) < 4.78 is 4.98. The maximum atomic E-state index is 11.2. The first-order valence-corrected chi connectivity index (χ1v) is 7.27. The van der Waals surface area contributed by atoms with Gasteiger partial charge in [0.15, 0.2) is 0 Å². The zero-order valence-electron chi connectivity index (χ0n) is 13.4. The number of aromatic hydroxyl groups is 1. The van der Waals surface area contributed by atoms with Crippen LogP contribution >= 0.6 is 0 Å². The van der Waals surface area contributed by atoms with E-state index in [0.29, 0.717) is 0 Å². The molecule has 0 amide bonds. The Labute approximate surface area is 130 Å². The number of hydrogen-bond acceptors (Lipinski definition) is 5. The third-order valence-corrected chi connectivity index (χ3v) is 3.77. The minimum Gasteiger partial charge on any atom is -0.508 e. The lowest BCUT2D eigenvalue weighted by Gasteiger charge is -2.18. The highest BCUT2D eigenvalue weighted by molar-refractivity contribution is 5.22. The lowest BCUT2D eigenvalue weighted by atomic mass is 9.95. The van der Waals surface area contributed by atoms with Crippen LogP contribution in [-0.4, -0.2) is 27.5 Å². The third kappa shape index (κ3) is 4.86. The standard InChI is InChI=1S/C17H24O5/c1-5-10(2)17(21)11(3)6-7-14(19)12(4)15-8-13(18)9-16(20)22-15/h5-9,11-12,14,17-19,21H,1-4H3/b7-6+,10-5+/t11-,12?,14?,17+/m0/s1. The predicted octanol–water partition coefficient (Wildman–Crippen LogP) is 2.33. The van der Waals surface area contributed by atoms with Gasteiger partial charge < -0.3 is 19.7 Å². The van der Waals surface area contributed by atoms with E-state index in [1.165, 1.54) is 6.07 Å². The molecule has 122 valence electrons. The zero-order valence-corrected chi connectivity index (χ0v) is 13.4. The zero-order chi connectivity index (χ0) is 16.9. The normalized spacial score (nSPS) is 18.2. The van der Waals surface area contributed by atoms with Crippen LogP contribution in [0.15, 0.2) is 45.1 Å². The van der Waals surface area contributed by atoms with E-state index in [9.17, 15) is 20.1 Å². The summed E-state index contributed by atoms with van der Waals surface area (Å²) in [6.45, 7) is 7.23. The van der Waals surface area contributed by atoms with Crippen LogP contribution in [0.3, 0.4) is 0 Å². The summed E-state index contributed by atoms with van der Waals surface area (Å²) in [6.07, 6.45) is 3.62. The van der Waals surface area contributed by atoms with Crippen LogP contribution < -0.4 is 5.63 Å². The molecule has 1 heterocycles. The molecule has 0 bridgehead atoms. The Morgan fingerprint density at radius 3 is 2.41 bits per heavy atom. The van der Waals surface area contributed by atoms with E-state index in [1.54, 1.807) is 19.1 Å². The van der Waals surface area contributed by atoms with Crippen LogP contribution in [0.25, 0.3) is 0 Å². The Hall–Kier alpha value is -1.85. The second kappa shape index (κ2) is 7.96. The van der Waals surface area contributed by atoms with Gasteiger partial charge in [0.05, 0.1) is 18.3 Å². The average molecular weight is 308 g/mol. The van der Waals surface area contributed by atoms with Gasteiger partial charge in [0.25, 0.3) is 0 Å². The van der Waals surface area contributed by atoms with Crippen molar-refractivity contribution >= 4 is 0 Å². The van der Waals surface area contributed by atoms with Crippen LogP contribution in [0, 0.1) is 5.92 Å². The van der Waals surface area contributed by atoms with E-state index in [2.05, 4.69) is 0 Å². The van der Waals surface area contributed by atoms with Gasteiger partial charge >= 0.3 is 5.63 Å². The van der Waals surface area contributed by atoms with Gasteiger partial charge in [-0.3, -0.25) is 0 Å². The van der Waals surface area contributed by atoms with Gasteiger partial charge in [-0.2, -0.15) is 0 Å². The van der Waals surface area contributed by atoms with Gasteiger partial charge in [-0.25, -0.2) is 4.79 Å². The third-order valence-electron chi connectivity index (χ3n) is 3.77. The highest BCUT2D eigenvalue weighted by atomic mass is 16.4. The Balaban J connectivity index is 2.81. The summed E-state index contributed by atoms with van der Waals surface area (Å²) in [7, 11) is 0. The molecule has 0 aliphatic carbocycles. The molecule has 1 aromatic rings. The molecule has 1 aromatic heterocycles. The molecule has 0 aliphatic heterocycles. The van der Waals surface area contributed by atoms with Crippen molar-refractivity contribution in [2.24, 2.45) is 5.92 Å². The second-order valence-corrected chi connectivity index (χ2v) is 5.54. The molecule has 3 N–H and O–H groups in total. The van der Waals surface area contributed by atoms with Gasteiger partial charge in [0.1, 0.15) is 11.5 Å². The molecule has 0 saturated carbocycles. The summed E-state index contributed by atoms with van der Waals surface area (Å²) in [4.78, 5) is 11.2. The van der Waals surface area contributed by atoms with Crippen molar-refractivity contribution in [2.75, 3.05) is 0 Å². The highest BCUT2D eigenvalue weighted by Gasteiger charge is 2.19. The first-order chi connectivity index (χ1) is 10.3. The van der Waals surface area contributed by atoms with Crippen molar-refractivity contribution in [3.8, 4) is 5.75 Å². The van der Waals surface area contributed by atoms with Crippen molar-refractivity contribution in [1.82, 2.24) is 0 Å². The first-order valence-electron chi connectivity index (χ1n) is 7.27. The van der Waals surface area contributed by atoms with Crippen LogP contribution in [0.4, 0.5) is 0 Å². The quantitative estimate of drug-likeness (QED) is 0.702. The van der Waals surface area contributed by atoms with Gasteiger partial charge in [0, 0.05) is 17.9 Å². The number of aliphatic hydroxyl groups excluding tert-OH is 2. The van der Waals surface area contributed by atoms with E-state index in [0.717, 1.165) is 11.6 Å².